The smallest absolute Gasteiger partial charge is 0.262 e. The number of ether oxygens (including phenoxy) is 1. The van der Waals surface area contributed by atoms with Crippen molar-refractivity contribution in [1.29, 1.82) is 0 Å². The quantitative estimate of drug-likeness (QED) is 0.310. The molecule has 8 heteroatoms. The highest BCUT2D eigenvalue weighted by atomic mass is 32.1. The first-order valence-corrected chi connectivity index (χ1v) is 11.6. The maximum Gasteiger partial charge on any atom is 0.262 e. The van der Waals surface area contributed by atoms with Crippen molar-refractivity contribution in [3.8, 4) is 5.88 Å². The van der Waals surface area contributed by atoms with Gasteiger partial charge in [0.05, 0.1) is 17.5 Å². The predicted octanol–water partition coefficient (Wildman–Crippen LogP) is 4.51. The number of nitrogens with zero attached hydrogens (tertiary/aromatic N) is 2. The zero-order valence-corrected chi connectivity index (χ0v) is 19.2. The van der Waals surface area contributed by atoms with Crippen molar-refractivity contribution in [1.82, 2.24) is 19.9 Å². The van der Waals surface area contributed by atoms with Crippen LogP contribution in [0.5, 0.6) is 5.88 Å². The van der Waals surface area contributed by atoms with E-state index in [1.807, 2.05) is 30.3 Å². The van der Waals surface area contributed by atoms with Gasteiger partial charge in [0.2, 0.25) is 11.8 Å². The van der Waals surface area contributed by atoms with Crippen LogP contribution in [0.15, 0.2) is 47.4 Å². The molecule has 3 rings (SSSR count). The third kappa shape index (κ3) is 6.50. The molecule has 0 bridgehead atoms. The number of aromatic nitrogens is 3. The van der Waals surface area contributed by atoms with E-state index in [2.05, 4.69) is 22.2 Å². The normalized spacial score (nSPS) is 10.9. The van der Waals surface area contributed by atoms with Crippen molar-refractivity contribution >= 4 is 29.0 Å². The van der Waals surface area contributed by atoms with Crippen molar-refractivity contribution in [2.75, 3.05) is 6.61 Å². The van der Waals surface area contributed by atoms with Crippen molar-refractivity contribution in [2.24, 2.45) is 0 Å². The Morgan fingerprint density at radius 1 is 1.16 bits per heavy atom. The van der Waals surface area contributed by atoms with Crippen LogP contribution < -0.4 is 15.6 Å². The van der Waals surface area contributed by atoms with Crippen LogP contribution in [0.25, 0.3) is 10.9 Å². The summed E-state index contributed by atoms with van der Waals surface area (Å²) in [6, 6.07) is 11.1. The lowest BCUT2D eigenvalue weighted by atomic mass is 10.1. The van der Waals surface area contributed by atoms with Gasteiger partial charge in [0, 0.05) is 31.3 Å². The maximum atomic E-state index is 12.6. The molecule has 0 saturated heterocycles. The molecule has 0 aliphatic rings. The number of hydrogen-bond donors (Lipinski definition) is 2. The second-order valence-electron chi connectivity index (χ2n) is 7.69. The number of hydrogen-bond acceptors (Lipinski definition) is 5. The number of amides is 1. The lowest BCUT2D eigenvalue weighted by Gasteiger charge is -2.11. The number of nitrogens with one attached hydrogen (secondary N) is 2. The van der Waals surface area contributed by atoms with E-state index in [1.54, 1.807) is 16.8 Å². The fourth-order valence-corrected chi connectivity index (χ4v) is 3.70. The zero-order valence-electron chi connectivity index (χ0n) is 18.4. The Kier molecular flexibility index (Phi) is 8.98. The van der Waals surface area contributed by atoms with Gasteiger partial charge in [-0.05, 0) is 49.7 Å². The van der Waals surface area contributed by atoms with E-state index in [9.17, 15) is 9.59 Å². The number of unbranched alkanes of at least 4 members (excludes halogenated alkanes) is 3. The van der Waals surface area contributed by atoms with Crippen molar-refractivity contribution in [3.05, 3.63) is 63.3 Å². The second kappa shape index (κ2) is 12.1. The van der Waals surface area contributed by atoms with E-state index in [4.69, 9.17) is 17.0 Å². The highest BCUT2D eigenvalue weighted by Gasteiger charge is 2.08. The number of benzene rings is 1. The van der Waals surface area contributed by atoms with Crippen LogP contribution in [0.3, 0.4) is 0 Å². The molecule has 32 heavy (non-hydrogen) atoms. The van der Waals surface area contributed by atoms with E-state index in [0.717, 1.165) is 43.2 Å². The van der Waals surface area contributed by atoms with Gasteiger partial charge < -0.3 is 15.0 Å². The topological polar surface area (TPSA) is 89.0 Å². The first kappa shape index (κ1) is 23.7. The van der Waals surface area contributed by atoms with E-state index in [0.29, 0.717) is 42.2 Å². The molecule has 0 radical (unpaired) electrons. The van der Waals surface area contributed by atoms with E-state index < -0.39 is 0 Å². The Bertz CT molecular complexity index is 1160. The molecule has 1 aromatic carbocycles. The SMILES string of the molecule is CCCCOc1ncccc1CNC(=O)CCCCCn1c(=S)[nH]c2ccccc2c1=O. The highest BCUT2D eigenvalue weighted by molar-refractivity contribution is 7.71. The van der Waals surface area contributed by atoms with Crippen LogP contribution in [0.1, 0.15) is 51.0 Å². The Hall–Kier alpha value is -3.00. The average Bonchev–Trinajstić information content (AvgIpc) is 2.80. The molecule has 0 spiro atoms. The summed E-state index contributed by atoms with van der Waals surface area (Å²) in [5.74, 6) is 0.576. The van der Waals surface area contributed by atoms with E-state index in [-0.39, 0.29) is 11.5 Å². The van der Waals surface area contributed by atoms with Crippen molar-refractivity contribution in [2.45, 2.75) is 58.5 Å². The summed E-state index contributed by atoms with van der Waals surface area (Å²) < 4.78 is 7.74. The molecule has 0 aliphatic carbocycles. The summed E-state index contributed by atoms with van der Waals surface area (Å²) in [5, 5.41) is 3.57. The number of rotatable bonds is 12. The van der Waals surface area contributed by atoms with Gasteiger partial charge in [0.1, 0.15) is 0 Å². The standard InChI is InChI=1S/C24H30N4O3S/c1-2-3-16-31-22-18(10-9-14-25-22)17-26-21(29)13-5-4-8-15-28-23(30)19-11-6-7-12-20(19)27-24(28)32/h6-7,9-12,14H,2-5,8,13,15-17H2,1H3,(H,26,29)(H,27,32). The lowest BCUT2D eigenvalue weighted by Crippen LogP contribution is -2.23. The van der Waals surface area contributed by atoms with Gasteiger partial charge in [0.25, 0.3) is 5.56 Å². The maximum absolute atomic E-state index is 12.6. The molecule has 170 valence electrons. The molecule has 0 unspecified atom stereocenters. The first-order chi connectivity index (χ1) is 15.6. The Morgan fingerprint density at radius 2 is 2.00 bits per heavy atom. The van der Waals surface area contributed by atoms with Crippen LogP contribution in [0.4, 0.5) is 0 Å². The van der Waals surface area contributed by atoms with Crippen molar-refractivity contribution in [3.63, 3.8) is 0 Å². The van der Waals surface area contributed by atoms with Gasteiger partial charge in [-0.3, -0.25) is 14.2 Å². The molecule has 0 saturated carbocycles. The molecule has 2 aromatic heterocycles. The summed E-state index contributed by atoms with van der Waals surface area (Å²) in [5.41, 5.74) is 1.56. The van der Waals surface area contributed by atoms with Gasteiger partial charge in [-0.25, -0.2) is 4.98 Å². The van der Waals surface area contributed by atoms with Gasteiger partial charge in [-0.1, -0.05) is 38.0 Å². The minimum atomic E-state index is -0.0736. The van der Waals surface area contributed by atoms with Crippen LogP contribution >= 0.6 is 12.2 Å². The highest BCUT2D eigenvalue weighted by Crippen LogP contribution is 2.15. The van der Waals surface area contributed by atoms with Gasteiger partial charge in [-0.2, -0.15) is 0 Å². The van der Waals surface area contributed by atoms with Crippen molar-refractivity contribution < 1.29 is 9.53 Å². The summed E-state index contributed by atoms with van der Waals surface area (Å²) in [6.07, 6.45) is 6.52. The summed E-state index contributed by atoms with van der Waals surface area (Å²) in [6.45, 7) is 3.67. The van der Waals surface area contributed by atoms with Gasteiger partial charge in [-0.15, -0.1) is 0 Å². The Morgan fingerprint density at radius 3 is 2.84 bits per heavy atom. The minimum Gasteiger partial charge on any atom is -0.477 e. The van der Waals surface area contributed by atoms with E-state index >= 15 is 0 Å². The largest absolute Gasteiger partial charge is 0.477 e. The van der Waals surface area contributed by atoms with Crippen LogP contribution in [-0.2, 0) is 17.9 Å². The fourth-order valence-electron chi connectivity index (χ4n) is 3.42. The molecule has 1 amide bonds. The zero-order chi connectivity index (χ0) is 22.8. The molecule has 7 nitrogen and oxygen atoms in total. The van der Waals surface area contributed by atoms with Gasteiger partial charge in [0.15, 0.2) is 4.77 Å². The number of fused-ring (bicyclic) bond motifs is 1. The Labute approximate surface area is 192 Å². The fraction of sp³-hybridized carbons (Fsp3) is 0.417. The number of carbonyl (C=O) groups is 1. The Balaban J connectivity index is 1.42. The molecule has 0 atom stereocenters. The second-order valence-corrected chi connectivity index (χ2v) is 8.08. The number of H-pyrrole nitrogens is 1. The molecule has 3 aromatic rings. The van der Waals surface area contributed by atoms with Gasteiger partial charge >= 0.3 is 0 Å². The number of aromatic amines is 1. The van der Waals surface area contributed by atoms with Crippen LogP contribution in [0, 0.1) is 4.77 Å². The summed E-state index contributed by atoms with van der Waals surface area (Å²) >= 11 is 5.34. The molecule has 2 N–H and O–H groups in total. The number of carbonyl (C=O) groups excluding carboxylic acids is 1. The molecule has 0 fully saturated rings. The number of pyridine rings is 1. The van der Waals surface area contributed by atoms with Crippen LogP contribution in [0.2, 0.25) is 0 Å². The first-order valence-electron chi connectivity index (χ1n) is 11.2. The molecular weight excluding hydrogens is 424 g/mol. The summed E-state index contributed by atoms with van der Waals surface area (Å²) in [7, 11) is 0. The predicted molar refractivity (Wildman–Crippen MR) is 128 cm³/mol. The molecular formula is C24H30N4O3S. The number of para-hydroxylation sites is 1. The third-order valence-corrected chi connectivity index (χ3v) is 5.56. The van der Waals surface area contributed by atoms with Crippen LogP contribution in [-0.4, -0.2) is 27.0 Å². The lowest BCUT2D eigenvalue weighted by molar-refractivity contribution is -0.121. The average molecular weight is 455 g/mol. The monoisotopic (exact) mass is 454 g/mol. The molecule has 2 heterocycles. The van der Waals surface area contributed by atoms with E-state index in [1.165, 1.54) is 0 Å². The molecule has 0 aliphatic heterocycles. The summed E-state index contributed by atoms with van der Waals surface area (Å²) in [4.78, 5) is 32.2. The minimum absolute atomic E-state index is 0.00600. The third-order valence-electron chi connectivity index (χ3n) is 5.24.